The molecule has 2 rings (SSSR count). The van der Waals surface area contributed by atoms with Crippen LogP contribution in [-0.2, 0) is 30.3 Å². The predicted octanol–water partition coefficient (Wildman–Crippen LogP) is 4.26. The van der Waals surface area contributed by atoms with E-state index < -0.39 is 53.8 Å². The minimum Gasteiger partial charge on any atom is -0.444 e. The van der Waals surface area contributed by atoms with Gasteiger partial charge < -0.3 is 29.9 Å². The molecule has 0 fully saturated rings. The van der Waals surface area contributed by atoms with Gasteiger partial charge in [-0.3, -0.25) is 24.5 Å². The zero-order chi connectivity index (χ0) is 36.3. The summed E-state index contributed by atoms with van der Waals surface area (Å²) in [7, 11) is 4.61. The maximum atomic E-state index is 14.2. The zero-order valence-electron chi connectivity index (χ0n) is 29.2. The van der Waals surface area contributed by atoms with Crippen LogP contribution < -0.4 is 10.6 Å². The van der Waals surface area contributed by atoms with Crippen LogP contribution >= 0.6 is 27.5 Å². The van der Waals surface area contributed by atoms with Crippen LogP contribution in [0.4, 0.5) is 4.79 Å². The number of allylic oxidation sites excluding steroid dienone is 1. The number of likely N-dealkylation sites (N-methyl/N-ethyl adjacent to an activating group) is 3. The molecule has 48 heavy (non-hydrogen) atoms. The molecular formula is C34H51BrClN5O7. The maximum Gasteiger partial charge on any atom is 0.410 e. The molecule has 268 valence electrons. The van der Waals surface area contributed by atoms with Gasteiger partial charge in [0.15, 0.2) is 0 Å². The van der Waals surface area contributed by atoms with E-state index in [9.17, 15) is 29.1 Å². The first kappa shape index (κ1) is 41.0. The number of rotatable bonds is 7. The van der Waals surface area contributed by atoms with Crippen LogP contribution in [0, 0.1) is 5.92 Å². The van der Waals surface area contributed by atoms with Crippen molar-refractivity contribution in [2.45, 2.75) is 103 Å². The number of aliphatic hydroxyl groups is 1. The molecule has 1 aromatic rings. The number of carbonyl (C=O) groups is 5. The third-order valence-electron chi connectivity index (χ3n) is 7.86. The molecule has 12 nitrogen and oxygen atoms in total. The second-order valence-corrected chi connectivity index (χ2v) is 14.9. The number of hydrogen-bond donors (Lipinski definition) is 3. The lowest BCUT2D eigenvalue weighted by molar-refractivity contribution is -0.149. The van der Waals surface area contributed by atoms with Gasteiger partial charge in [0.25, 0.3) is 5.91 Å². The first-order valence-electron chi connectivity index (χ1n) is 16.2. The average molecular weight is 757 g/mol. The van der Waals surface area contributed by atoms with Crippen molar-refractivity contribution < 1.29 is 33.8 Å². The van der Waals surface area contributed by atoms with Gasteiger partial charge in [-0.1, -0.05) is 53.5 Å². The Morgan fingerprint density at radius 1 is 1.15 bits per heavy atom. The number of nitrogens with zero attached hydrogens (tertiary/aromatic N) is 3. The van der Waals surface area contributed by atoms with E-state index >= 15 is 0 Å². The van der Waals surface area contributed by atoms with Crippen LogP contribution in [0.1, 0.15) is 72.3 Å². The van der Waals surface area contributed by atoms with Gasteiger partial charge in [0.2, 0.25) is 23.9 Å². The standard InChI is InChI=1S/C34H51BrClN5O7/c1-21(2)18-25-30(44)41(8)27(20-22-19-23(36)15-16-24(22)35)31(45)39(6)17-13-11-9-10-12-14-26(28(42)37-25)40(7)32(46)29(43)38-33(47)48-34(3,4)5/h10,12,15-16,19,21,25-27,29,43H,9,11,13-14,17-18,20H2,1-8H3,(H,37,42)(H,38,47)/b12-10+/t25-,26-,27-,29-/m0/s1. The highest BCUT2D eigenvalue weighted by Gasteiger charge is 2.37. The van der Waals surface area contributed by atoms with Crippen LogP contribution in [0.5, 0.6) is 0 Å². The lowest BCUT2D eigenvalue weighted by atomic mass is 9.98. The van der Waals surface area contributed by atoms with E-state index in [2.05, 4.69) is 26.6 Å². The summed E-state index contributed by atoms with van der Waals surface area (Å²) in [5.41, 5.74) is -0.113. The summed E-state index contributed by atoms with van der Waals surface area (Å²) in [4.78, 5) is 71.5. The fourth-order valence-electron chi connectivity index (χ4n) is 5.25. The van der Waals surface area contributed by atoms with Gasteiger partial charge in [-0.15, -0.1) is 0 Å². The lowest BCUT2D eigenvalue weighted by Crippen LogP contribution is -2.59. The first-order chi connectivity index (χ1) is 22.3. The van der Waals surface area contributed by atoms with Crippen molar-refractivity contribution >= 4 is 57.3 Å². The Balaban J connectivity index is 2.47. The highest BCUT2D eigenvalue weighted by atomic mass is 79.9. The molecule has 14 heteroatoms. The van der Waals surface area contributed by atoms with Gasteiger partial charge >= 0.3 is 6.09 Å². The Hall–Kier alpha value is -3.16. The van der Waals surface area contributed by atoms with E-state index in [1.54, 1.807) is 64.0 Å². The van der Waals surface area contributed by atoms with Crippen LogP contribution in [0.2, 0.25) is 5.02 Å². The molecule has 5 amide bonds. The maximum absolute atomic E-state index is 14.2. The van der Waals surface area contributed by atoms with Gasteiger partial charge in [0.1, 0.15) is 23.7 Å². The van der Waals surface area contributed by atoms with Gasteiger partial charge in [-0.25, -0.2) is 4.79 Å². The van der Waals surface area contributed by atoms with Crippen molar-refractivity contribution in [3.63, 3.8) is 0 Å². The smallest absolute Gasteiger partial charge is 0.410 e. The van der Waals surface area contributed by atoms with Crippen LogP contribution in [-0.4, -0.2) is 107 Å². The normalized spacial score (nSPS) is 21.8. The molecule has 3 N–H and O–H groups in total. The molecule has 4 atom stereocenters. The van der Waals surface area contributed by atoms with Crippen molar-refractivity contribution in [1.82, 2.24) is 25.3 Å². The molecule has 1 aliphatic heterocycles. The summed E-state index contributed by atoms with van der Waals surface area (Å²) in [6.45, 7) is 9.22. The Kier molecular flexibility index (Phi) is 15.9. The highest BCUT2D eigenvalue weighted by Crippen LogP contribution is 2.25. The Morgan fingerprint density at radius 2 is 1.81 bits per heavy atom. The monoisotopic (exact) mass is 755 g/mol. The van der Waals surface area contributed by atoms with Crippen molar-refractivity contribution in [2.75, 3.05) is 27.7 Å². The number of ether oxygens (including phenoxy) is 1. The fraction of sp³-hybridized carbons (Fsp3) is 0.618. The second kappa shape index (κ2) is 18.6. The average Bonchev–Trinajstić information content (AvgIpc) is 2.98. The largest absolute Gasteiger partial charge is 0.444 e. The molecule has 0 bridgehead atoms. The molecule has 1 aromatic carbocycles. The predicted molar refractivity (Wildman–Crippen MR) is 188 cm³/mol. The summed E-state index contributed by atoms with van der Waals surface area (Å²) in [6.07, 6.45) is 3.36. The molecule has 0 radical (unpaired) electrons. The van der Waals surface area contributed by atoms with Gasteiger partial charge in [0.05, 0.1) is 0 Å². The zero-order valence-corrected chi connectivity index (χ0v) is 31.6. The molecule has 0 unspecified atom stereocenters. The number of amides is 5. The van der Waals surface area contributed by atoms with E-state index in [4.69, 9.17) is 16.3 Å². The minimum atomic E-state index is -1.98. The van der Waals surface area contributed by atoms with E-state index in [-0.39, 0.29) is 31.1 Å². The van der Waals surface area contributed by atoms with Crippen molar-refractivity contribution in [3.05, 3.63) is 45.4 Å². The molecular weight excluding hydrogens is 706 g/mol. The molecule has 0 aliphatic carbocycles. The van der Waals surface area contributed by atoms with E-state index in [0.29, 0.717) is 24.4 Å². The van der Waals surface area contributed by atoms with E-state index in [1.807, 2.05) is 19.9 Å². The second-order valence-electron chi connectivity index (χ2n) is 13.6. The third-order valence-corrected chi connectivity index (χ3v) is 8.87. The SMILES string of the molecule is CC(C)C[C@@H]1NC(=O)[C@@H](N(C)C(=O)[C@H](O)NC(=O)OC(C)(C)C)C/C=C/CCCCN(C)C(=O)[C@H](Cc2cc(Cl)ccc2Br)N(C)C1=O. The van der Waals surface area contributed by atoms with Crippen molar-refractivity contribution in [3.8, 4) is 0 Å². The van der Waals surface area contributed by atoms with Crippen molar-refractivity contribution in [1.29, 1.82) is 0 Å². The Morgan fingerprint density at radius 3 is 2.44 bits per heavy atom. The Bertz CT molecular complexity index is 1340. The number of hydrogen-bond acceptors (Lipinski definition) is 7. The van der Waals surface area contributed by atoms with Gasteiger partial charge in [-0.2, -0.15) is 0 Å². The number of halogens is 2. The Labute approximate surface area is 297 Å². The molecule has 0 aromatic heterocycles. The molecule has 0 saturated carbocycles. The molecule has 0 spiro atoms. The number of aliphatic hydroxyl groups excluding tert-OH is 1. The quantitative estimate of drug-likeness (QED) is 0.278. The minimum absolute atomic E-state index is 0.0188. The number of benzene rings is 1. The van der Waals surface area contributed by atoms with E-state index in [1.165, 1.54) is 11.9 Å². The highest BCUT2D eigenvalue weighted by molar-refractivity contribution is 9.10. The molecule has 1 aliphatic rings. The van der Waals surface area contributed by atoms with Crippen LogP contribution in [0.3, 0.4) is 0 Å². The van der Waals surface area contributed by atoms with E-state index in [0.717, 1.165) is 21.4 Å². The number of nitrogens with one attached hydrogen (secondary N) is 2. The van der Waals surface area contributed by atoms with Crippen LogP contribution in [0.15, 0.2) is 34.8 Å². The summed E-state index contributed by atoms with van der Waals surface area (Å²) >= 11 is 9.82. The summed E-state index contributed by atoms with van der Waals surface area (Å²) in [6, 6.07) is 2.21. The first-order valence-corrected chi connectivity index (χ1v) is 17.3. The van der Waals surface area contributed by atoms with Crippen molar-refractivity contribution in [2.24, 2.45) is 5.92 Å². The lowest BCUT2D eigenvalue weighted by Gasteiger charge is -2.35. The number of carbonyl (C=O) groups excluding carboxylic acids is 5. The summed E-state index contributed by atoms with van der Waals surface area (Å²) in [5, 5.41) is 15.9. The van der Waals surface area contributed by atoms with Gasteiger partial charge in [0, 0.05) is 43.6 Å². The van der Waals surface area contributed by atoms with Crippen LogP contribution in [0.25, 0.3) is 0 Å². The van der Waals surface area contributed by atoms with Gasteiger partial charge in [-0.05, 0) is 82.6 Å². The molecule has 0 saturated heterocycles. The third kappa shape index (κ3) is 12.7. The topological polar surface area (TPSA) is 149 Å². The summed E-state index contributed by atoms with van der Waals surface area (Å²) in [5.74, 6) is -2.30. The summed E-state index contributed by atoms with van der Waals surface area (Å²) < 4.78 is 5.88. The molecule has 1 heterocycles. The number of alkyl carbamates (subject to hydrolysis) is 1. The fourth-order valence-corrected chi connectivity index (χ4v) is 5.85.